The monoisotopic (exact) mass is 303 g/mol. The van der Waals surface area contributed by atoms with Gasteiger partial charge in [-0.3, -0.25) is 0 Å². The fourth-order valence-corrected chi connectivity index (χ4v) is 0. The van der Waals surface area contributed by atoms with Gasteiger partial charge in [0.05, 0.1) is 0 Å². The molecule has 0 spiro atoms. The van der Waals surface area contributed by atoms with E-state index in [1.54, 1.807) is 0 Å². The molecule has 0 aliphatic carbocycles. The third kappa shape index (κ3) is 337. The standard InChI is InChI=1S/Na.2H3O4P.Zr/c;2*1-5(2,3)4;/h;2*(H3,1,2,3,4);/q+1;;;+4/p-6. The Morgan fingerprint density at radius 3 is 0.667 bits per heavy atom. The molecule has 0 unspecified atom stereocenters. The summed E-state index contributed by atoms with van der Waals surface area (Å²) in [5.41, 5.74) is 0. The number of phosphoric acid groups is 2. The Hall–Kier alpha value is 2.10. The molecule has 12 heavy (non-hydrogen) atoms. The second-order valence-electron chi connectivity index (χ2n) is 0.894. The van der Waals surface area contributed by atoms with Gasteiger partial charge in [0.1, 0.15) is 0 Å². The van der Waals surface area contributed by atoms with Crippen molar-refractivity contribution in [2.45, 2.75) is 0 Å². The first-order valence-electron chi connectivity index (χ1n) is 1.46. The first-order valence-corrected chi connectivity index (χ1v) is 4.38. The minimum atomic E-state index is -5.39. The molecule has 0 aromatic carbocycles. The molecule has 0 bridgehead atoms. The molecular formula is NaO8P2Zr-. The van der Waals surface area contributed by atoms with Crippen molar-refractivity contribution in [3.8, 4) is 0 Å². The smallest absolute Gasteiger partial charge is 0.822 e. The first-order chi connectivity index (χ1) is 4.00. The fourth-order valence-electron chi connectivity index (χ4n) is 0. The Balaban J connectivity index is -0.0000000457. The maximum atomic E-state index is 8.55. The molecule has 0 N–H and O–H groups in total. The van der Waals surface area contributed by atoms with Crippen molar-refractivity contribution in [1.29, 1.82) is 0 Å². The zero-order valence-electron chi connectivity index (χ0n) is 5.66. The number of rotatable bonds is 0. The van der Waals surface area contributed by atoms with Gasteiger partial charge in [-0.1, -0.05) is 0 Å². The topological polar surface area (TPSA) is 172 Å². The van der Waals surface area contributed by atoms with Crippen molar-refractivity contribution in [2.75, 3.05) is 0 Å². The molecule has 0 aromatic heterocycles. The quantitative estimate of drug-likeness (QED) is 0.313. The second-order valence-corrected chi connectivity index (χ2v) is 2.68. The van der Waals surface area contributed by atoms with E-state index >= 15 is 0 Å². The van der Waals surface area contributed by atoms with Crippen LogP contribution in [0, 0.1) is 0 Å². The van der Waals surface area contributed by atoms with Gasteiger partial charge < -0.3 is 38.5 Å². The second kappa shape index (κ2) is 9.65. The van der Waals surface area contributed by atoms with E-state index < -0.39 is 15.6 Å². The minimum Gasteiger partial charge on any atom is -0.822 e. The van der Waals surface area contributed by atoms with Crippen molar-refractivity contribution in [2.24, 2.45) is 0 Å². The van der Waals surface area contributed by atoms with Crippen molar-refractivity contribution >= 4 is 15.6 Å². The molecule has 0 saturated heterocycles. The summed E-state index contributed by atoms with van der Waals surface area (Å²) in [4.78, 5) is 51.3. The Morgan fingerprint density at radius 2 is 0.667 bits per heavy atom. The third-order valence-electron chi connectivity index (χ3n) is 0. The molecular weight excluding hydrogens is 304 g/mol. The number of hydrogen-bond donors (Lipinski definition) is 0. The van der Waals surface area contributed by atoms with E-state index in [0.29, 0.717) is 0 Å². The van der Waals surface area contributed by atoms with Crippen LogP contribution >= 0.6 is 15.6 Å². The van der Waals surface area contributed by atoms with Crippen LogP contribution in [0.25, 0.3) is 0 Å². The largest absolute Gasteiger partial charge is 4.00 e. The Labute approximate surface area is 109 Å². The van der Waals surface area contributed by atoms with E-state index in [9.17, 15) is 0 Å². The Kier molecular flexibility index (Phi) is 19.1. The average molecular weight is 304 g/mol. The Bertz CT molecular complexity index is 129. The van der Waals surface area contributed by atoms with Gasteiger partial charge in [0.2, 0.25) is 0 Å². The molecule has 0 saturated carbocycles. The van der Waals surface area contributed by atoms with Gasteiger partial charge in [0.25, 0.3) is 0 Å². The van der Waals surface area contributed by atoms with E-state index in [1.807, 2.05) is 0 Å². The molecule has 0 atom stereocenters. The van der Waals surface area contributed by atoms with Crippen LogP contribution in [0.3, 0.4) is 0 Å². The third-order valence-corrected chi connectivity index (χ3v) is 0. The fraction of sp³-hybridized carbons (Fsp3) is 0. The van der Waals surface area contributed by atoms with Crippen LogP contribution in [0.2, 0.25) is 0 Å². The van der Waals surface area contributed by atoms with Gasteiger partial charge in [-0.2, -0.15) is 15.6 Å². The maximum absolute atomic E-state index is 8.55. The Morgan fingerprint density at radius 1 is 0.667 bits per heavy atom. The van der Waals surface area contributed by atoms with E-state index in [4.69, 9.17) is 38.5 Å². The van der Waals surface area contributed by atoms with Crippen LogP contribution in [0.1, 0.15) is 0 Å². The predicted molar refractivity (Wildman–Crippen MR) is 15.2 cm³/mol. The summed E-state index contributed by atoms with van der Waals surface area (Å²) in [7, 11) is -10.8. The van der Waals surface area contributed by atoms with Crippen molar-refractivity contribution in [3.63, 3.8) is 0 Å². The van der Waals surface area contributed by atoms with Crippen molar-refractivity contribution in [1.82, 2.24) is 0 Å². The van der Waals surface area contributed by atoms with E-state index in [2.05, 4.69) is 0 Å². The minimum absolute atomic E-state index is 0. The SMILES string of the molecule is O=P([O-])([O-])[O-].O=P([O-])([O-])[O-].[Na+].[Zr+4]. The van der Waals surface area contributed by atoms with Crippen molar-refractivity contribution in [3.05, 3.63) is 0 Å². The van der Waals surface area contributed by atoms with E-state index in [1.165, 1.54) is 0 Å². The van der Waals surface area contributed by atoms with Gasteiger partial charge in [-0.05, 0) is 0 Å². The zero-order valence-corrected chi connectivity index (χ0v) is 11.9. The molecule has 0 fully saturated rings. The van der Waals surface area contributed by atoms with E-state index in [0.717, 1.165) is 0 Å². The van der Waals surface area contributed by atoms with Gasteiger partial charge in [0, 0.05) is 0 Å². The first kappa shape index (κ1) is 23.7. The average Bonchev–Trinajstić information content (AvgIpc) is 1.12. The van der Waals surface area contributed by atoms with Gasteiger partial charge in [0.15, 0.2) is 0 Å². The summed E-state index contributed by atoms with van der Waals surface area (Å²) in [5, 5.41) is 0. The zero-order chi connectivity index (χ0) is 9.00. The molecule has 0 aliphatic heterocycles. The van der Waals surface area contributed by atoms with Crippen LogP contribution in [0.4, 0.5) is 0 Å². The molecule has 0 rings (SSSR count). The molecule has 0 aromatic rings. The molecule has 0 heterocycles. The molecule has 0 amide bonds. The normalized spacial score (nSPS) is 9.83. The van der Waals surface area contributed by atoms with Crippen molar-refractivity contribution < 1.29 is 94.3 Å². The van der Waals surface area contributed by atoms with Crippen LogP contribution in [-0.4, -0.2) is 0 Å². The van der Waals surface area contributed by atoms with E-state index in [-0.39, 0.29) is 55.8 Å². The number of hydrogen-bond acceptors (Lipinski definition) is 8. The summed E-state index contributed by atoms with van der Waals surface area (Å²) in [6.45, 7) is 0. The summed E-state index contributed by atoms with van der Waals surface area (Å²) >= 11 is 0. The van der Waals surface area contributed by atoms with Crippen LogP contribution in [-0.2, 0) is 35.3 Å². The molecule has 0 aliphatic rings. The predicted octanol–water partition coefficient (Wildman–Crippen LogP) is -8.65. The van der Waals surface area contributed by atoms with Crippen LogP contribution in [0.15, 0.2) is 0 Å². The van der Waals surface area contributed by atoms with Crippen LogP contribution in [0.5, 0.6) is 0 Å². The summed E-state index contributed by atoms with van der Waals surface area (Å²) in [6.07, 6.45) is 0. The molecule has 64 valence electrons. The van der Waals surface area contributed by atoms with Crippen LogP contribution < -0.4 is 58.9 Å². The van der Waals surface area contributed by atoms with Gasteiger partial charge in [-0.25, -0.2) is 0 Å². The van der Waals surface area contributed by atoms with Gasteiger partial charge in [-0.15, -0.1) is 0 Å². The molecule has 12 heteroatoms. The van der Waals surface area contributed by atoms with Gasteiger partial charge >= 0.3 is 55.8 Å². The summed E-state index contributed by atoms with van der Waals surface area (Å²) in [6, 6.07) is 0. The summed E-state index contributed by atoms with van der Waals surface area (Å²) in [5.74, 6) is 0. The molecule has 8 nitrogen and oxygen atoms in total. The summed E-state index contributed by atoms with van der Waals surface area (Å²) < 4.78 is 17.1. The maximum Gasteiger partial charge on any atom is 4.00 e. The molecule has 0 radical (unpaired) electrons.